The molecule has 3 aliphatic rings. The van der Waals surface area contributed by atoms with Crippen LogP contribution in [0, 0.1) is 33.8 Å². The third-order valence-corrected chi connectivity index (χ3v) is 5.48. The highest BCUT2D eigenvalue weighted by Crippen LogP contribution is 2.52. The molecule has 2 fully saturated rings. The predicted molar refractivity (Wildman–Crippen MR) is 87.4 cm³/mol. The van der Waals surface area contributed by atoms with Crippen LogP contribution >= 0.6 is 15.9 Å². The second kappa shape index (κ2) is 5.48. The van der Waals surface area contributed by atoms with E-state index >= 15 is 0 Å². The van der Waals surface area contributed by atoms with Crippen molar-refractivity contribution in [3.63, 3.8) is 0 Å². The van der Waals surface area contributed by atoms with Crippen LogP contribution in [0.2, 0.25) is 0 Å². The van der Waals surface area contributed by atoms with E-state index in [-0.39, 0.29) is 41.0 Å². The maximum absolute atomic E-state index is 12.5. The summed E-state index contributed by atoms with van der Waals surface area (Å²) in [5.41, 5.74) is -0.672. The zero-order valence-electron chi connectivity index (χ0n) is 12.7. The number of hydrogen-bond acceptors (Lipinski definition) is 6. The Morgan fingerprint density at radius 3 is 2.36 bits per heavy atom. The van der Waals surface area contributed by atoms with Gasteiger partial charge in [0.2, 0.25) is 0 Å². The Morgan fingerprint density at radius 2 is 1.80 bits per heavy atom. The number of nitrogens with zero attached hydrogens (tertiary/aromatic N) is 3. The largest absolute Gasteiger partial charge is 0.867 e. The van der Waals surface area contributed by atoms with E-state index in [0.717, 1.165) is 23.7 Å². The standard InChI is InChI=1S/C16H12BrN3O5/c17-10-4-9(14(21)11(5-10)20(24)25)6-18-19-15(22)12-7-1-2-8(3-7)13(12)16(19)23/h1-2,4-8,12-13,21H,3H2/p-1/b18-6-/t7-,8-,12-,13+/m1/s1. The SMILES string of the molecule is O=C1[C@@H]2[C@H](C(=O)N1/N=C\c1cc(Br)cc([N+](=O)[O-])c1[O-])[C@@H]1C=C[C@@H]2C1. The number of fused-ring (bicyclic) bond motifs is 5. The van der Waals surface area contributed by atoms with E-state index in [4.69, 9.17) is 0 Å². The molecule has 0 unspecified atom stereocenters. The minimum atomic E-state index is -0.821. The number of halogens is 1. The summed E-state index contributed by atoms with van der Waals surface area (Å²) < 4.78 is 0.332. The van der Waals surface area contributed by atoms with Crippen molar-refractivity contribution in [2.24, 2.45) is 28.8 Å². The van der Waals surface area contributed by atoms with Crippen molar-refractivity contribution in [3.05, 3.63) is 44.4 Å². The lowest BCUT2D eigenvalue weighted by Crippen LogP contribution is -2.28. The van der Waals surface area contributed by atoms with Crippen LogP contribution in [0.4, 0.5) is 5.69 Å². The molecule has 8 nitrogen and oxygen atoms in total. The molecular weight excluding hydrogens is 394 g/mol. The van der Waals surface area contributed by atoms with Gasteiger partial charge >= 0.3 is 0 Å². The summed E-state index contributed by atoms with van der Waals surface area (Å²) >= 11 is 3.10. The van der Waals surface area contributed by atoms with Gasteiger partial charge in [-0.25, -0.2) is 0 Å². The molecule has 2 amide bonds. The van der Waals surface area contributed by atoms with Crippen LogP contribution in [0.15, 0.2) is 33.9 Å². The summed E-state index contributed by atoms with van der Waals surface area (Å²) in [5.74, 6) is -2.22. The number of carbonyl (C=O) groups excluding carboxylic acids is 2. The summed E-state index contributed by atoms with van der Waals surface area (Å²) in [7, 11) is 0. The molecule has 0 N–H and O–H groups in total. The first kappa shape index (κ1) is 15.9. The summed E-state index contributed by atoms with van der Waals surface area (Å²) in [6.45, 7) is 0. The second-order valence-corrected chi connectivity index (χ2v) is 7.25. The van der Waals surface area contributed by atoms with Crippen molar-refractivity contribution in [2.45, 2.75) is 6.42 Å². The normalized spacial score (nSPS) is 29.9. The fourth-order valence-electron chi connectivity index (χ4n) is 3.95. The Hall–Kier alpha value is -2.55. The van der Waals surface area contributed by atoms with Crippen LogP contribution in [0.1, 0.15) is 12.0 Å². The first-order valence-corrected chi connectivity index (χ1v) is 8.43. The molecule has 0 spiro atoms. The number of amides is 2. The Kier molecular flexibility index (Phi) is 3.50. The highest BCUT2D eigenvalue weighted by molar-refractivity contribution is 9.10. The zero-order chi connectivity index (χ0) is 17.9. The molecular formula is C16H11BrN3O5-. The van der Waals surface area contributed by atoms with Gasteiger partial charge in [0.05, 0.1) is 23.0 Å². The molecule has 25 heavy (non-hydrogen) atoms. The topological polar surface area (TPSA) is 116 Å². The molecule has 1 heterocycles. The number of rotatable bonds is 3. The lowest BCUT2D eigenvalue weighted by molar-refractivity contribution is -0.398. The van der Waals surface area contributed by atoms with E-state index < -0.39 is 16.4 Å². The quantitative estimate of drug-likeness (QED) is 0.249. The summed E-state index contributed by atoms with van der Waals surface area (Å²) in [5, 5.41) is 27.7. The van der Waals surface area contributed by atoms with Crippen molar-refractivity contribution < 1.29 is 19.6 Å². The molecule has 1 aromatic rings. The minimum absolute atomic E-state index is 0.0636. The summed E-state index contributed by atoms with van der Waals surface area (Å²) in [6.07, 6.45) is 5.79. The molecule has 0 radical (unpaired) electrons. The monoisotopic (exact) mass is 404 g/mol. The van der Waals surface area contributed by atoms with Gasteiger partial charge in [0.1, 0.15) is 0 Å². The number of benzene rings is 1. The van der Waals surface area contributed by atoms with Crippen LogP contribution in [0.3, 0.4) is 0 Å². The van der Waals surface area contributed by atoms with Gasteiger partial charge in [-0.2, -0.15) is 10.1 Å². The van der Waals surface area contributed by atoms with Crippen molar-refractivity contribution in [1.82, 2.24) is 5.01 Å². The Balaban J connectivity index is 1.64. The van der Waals surface area contributed by atoms with Crippen molar-refractivity contribution in [3.8, 4) is 5.75 Å². The lowest BCUT2D eigenvalue weighted by atomic mass is 9.85. The third kappa shape index (κ3) is 2.30. The predicted octanol–water partition coefficient (Wildman–Crippen LogP) is 1.57. The highest BCUT2D eigenvalue weighted by atomic mass is 79.9. The van der Waals surface area contributed by atoms with Gasteiger partial charge < -0.3 is 5.11 Å². The zero-order valence-corrected chi connectivity index (χ0v) is 14.3. The number of hydrogen-bond donors (Lipinski definition) is 0. The average Bonchev–Trinajstić information content (AvgIpc) is 3.23. The smallest absolute Gasteiger partial charge is 0.263 e. The fraction of sp³-hybridized carbons (Fsp3) is 0.312. The molecule has 4 atom stereocenters. The first-order chi connectivity index (χ1) is 11.9. The van der Waals surface area contributed by atoms with Gasteiger partial charge in [-0.05, 0) is 35.6 Å². The van der Waals surface area contributed by atoms with Crippen LogP contribution in [-0.4, -0.2) is 28.0 Å². The van der Waals surface area contributed by atoms with E-state index in [0.29, 0.717) is 4.47 Å². The van der Waals surface area contributed by atoms with Gasteiger partial charge in [0.15, 0.2) is 0 Å². The van der Waals surface area contributed by atoms with E-state index in [1.165, 1.54) is 6.07 Å². The Labute approximate surface area is 150 Å². The molecule has 9 heteroatoms. The van der Waals surface area contributed by atoms with Gasteiger partial charge in [-0.15, -0.1) is 0 Å². The van der Waals surface area contributed by atoms with E-state index in [1.54, 1.807) is 0 Å². The average molecular weight is 405 g/mol. The van der Waals surface area contributed by atoms with Crippen molar-refractivity contribution in [2.75, 3.05) is 0 Å². The van der Waals surface area contributed by atoms with E-state index in [2.05, 4.69) is 21.0 Å². The maximum Gasteiger partial charge on any atom is 0.263 e. The number of nitro groups is 1. The molecule has 0 aromatic heterocycles. The van der Waals surface area contributed by atoms with Gasteiger partial charge in [-0.3, -0.25) is 19.7 Å². The van der Waals surface area contributed by atoms with Crippen LogP contribution < -0.4 is 5.11 Å². The van der Waals surface area contributed by atoms with Crippen LogP contribution in [-0.2, 0) is 9.59 Å². The lowest BCUT2D eigenvalue weighted by Gasteiger charge is -2.13. The van der Waals surface area contributed by atoms with Crippen molar-refractivity contribution in [1.29, 1.82) is 0 Å². The fourth-order valence-corrected chi connectivity index (χ4v) is 4.42. The number of allylic oxidation sites excluding steroid dienone is 2. The molecule has 1 aromatic carbocycles. The van der Waals surface area contributed by atoms with Gasteiger partial charge in [0, 0.05) is 10.5 Å². The van der Waals surface area contributed by atoms with E-state index in [9.17, 15) is 24.8 Å². The maximum atomic E-state index is 12.5. The van der Waals surface area contributed by atoms with Crippen molar-refractivity contribution >= 4 is 39.6 Å². The van der Waals surface area contributed by atoms with Crippen LogP contribution in [0.25, 0.3) is 0 Å². The Morgan fingerprint density at radius 1 is 1.20 bits per heavy atom. The van der Waals surface area contributed by atoms with Gasteiger partial charge in [0.25, 0.3) is 17.5 Å². The molecule has 1 saturated heterocycles. The number of carbonyl (C=O) groups is 2. The molecule has 2 bridgehead atoms. The number of hydrazone groups is 1. The molecule has 4 rings (SSSR count). The Bertz CT molecular complexity index is 851. The molecule has 2 aliphatic carbocycles. The molecule has 1 saturated carbocycles. The third-order valence-electron chi connectivity index (χ3n) is 5.02. The minimum Gasteiger partial charge on any atom is -0.867 e. The number of nitro benzene ring substituents is 1. The summed E-state index contributed by atoms with van der Waals surface area (Å²) in [6, 6.07) is 2.45. The van der Waals surface area contributed by atoms with Gasteiger partial charge in [-0.1, -0.05) is 28.1 Å². The summed E-state index contributed by atoms with van der Waals surface area (Å²) in [4.78, 5) is 35.1. The van der Waals surface area contributed by atoms with Crippen LogP contribution in [0.5, 0.6) is 5.75 Å². The first-order valence-electron chi connectivity index (χ1n) is 7.63. The molecule has 128 valence electrons. The number of imide groups is 1. The second-order valence-electron chi connectivity index (χ2n) is 6.33. The van der Waals surface area contributed by atoms with E-state index in [1.807, 2.05) is 12.2 Å². The molecule has 1 aliphatic heterocycles. The highest BCUT2D eigenvalue weighted by Gasteiger charge is 2.59.